The number of carboxylic acid groups (broad SMARTS) is 2. The van der Waals surface area contributed by atoms with Crippen LogP contribution in [-0.2, 0) is 12.8 Å². The molecule has 2 amide bonds. The lowest BCUT2D eigenvalue weighted by Gasteiger charge is -2.24. The van der Waals surface area contributed by atoms with E-state index in [1.807, 2.05) is 48.5 Å². The molecule has 0 spiro atoms. The normalized spacial score (nSPS) is 10.7. The maximum absolute atomic E-state index is 11.9. The van der Waals surface area contributed by atoms with Crippen molar-refractivity contribution in [2.75, 3.05) is 22.9 Å². The van der Waals surface area contributed by atoms with E-state index in [9.17, 15) is 19.8 Å². The molecule has 33 heavy (non-hydrogen) atoms. The molecule has 6 nitrogen and oxygen atoms in total. The van der Waals surface area contributed by atoms with Crippen LogP contribution in [0.3, 0.4) is 0 Å². The highest BCUT2D eigenvalue weighted by molar-refractivity contribution is 5.87. The van der Waals surface area contributed by atoms with Gasteiger partial charge in [0.15, 0.2) is 0 Å². The van der Waals surface area contributed by atoms with Crippen molar-refractivity contribution >= 4 is 23.6 Å². The SMILES string of the molecule is CCCCc1ccccc1N(CCCCCN(C(=O)O)c1ccccc1CCCC)C(=O)O. The molecule has 0 atom stereocenters. The highest BCUT2D eigenvalue weighted by Crippen LogP contribution is 2.25. The standard InChI is InChI=1S/C27H38N2O4/c1-3-5-14-22-16-8-10-18-24(22)28(26(30)31)20-12-7-13-21-29(27(32)33)25-19-11-9-17-23(25)15-6-4-2/h8-11,16-19H,3-7,12-15,20-21H2,1-2H3,(H,30,31)(H,32,33). The summed E-state index contributed by atoms with van der Waals surface area (Å²) >= 11 is 0. The van der Waals surface area contributed by atoms with E-state index in [4.69, 9.17) is 0 Å². The summed E-state index contributed by atoms with van der Waals surface area (Å²) in [4.78, 5) is 26.7. The third-order valence-electron chi connectivity index (χ3n) is 5.89. The Balaban J connectivity index is 1.96. The molecule has 0 saturated heterocycles. The Bertz CT molecular complexity index is 812. The van der Waals surface area contributed by atoms with Crippen LogP contribution in [0.1, 0.15) is 69.9 Å². The largest absolute Gasteiger partial charge is 0.465 e. The van der Waals surface area contributed by atoms with Crippen molar-refractivity contribution in [2.45, 2.75) is 71.6 Å². The first kappa shape index (κ1) is 26.2. The van der Waals surface area contributed by atoms with Crippen molar-refractivity contribution < 1.29 is 19.8 Å². The highest BCUT2D eigenvalue weighted by atomic mass is 16.4. The highest BCUT2D eigenvalue weighted by Gasteiger charge is 2.19. The van der Waals surface area contributed by atoms with Gasteiger partial charge in [-0.3, -0.25) is 9.80 Å². The molecule has 2 aromatic rings. The smallest absolute Gasteiger partial charge is 0.411 e. The van der Waals surface area contributed by atoms with E-state index in [2.05, 4.69) is 13.8 Å². The zero-order chi connectivity index (χ0) is 24.1. The number of benzene rings is 2. The van der Waals surface area contributed by atoms with Crippen LogP contribution in [0.2, 0.25) is 0 Å². The van der Waals surface area contributed by atoms with Crippen molar-refractivity contribution in [3.8, 4) is 0 Å². The van der Waals surface area contributed by atoms with Crippen LogP contribution in [-0.4, -0.2) is 35.5 Å². The van der Waals surface area contributed by atoms with Gasteiger partial charge in [-0.05, 0) is 68.2 Å². The number of para-hydroxylation sites is 2. The van der Waals surface area contributed by atoms with Crippen molar-refractivity contribution in [3.05, 3.63) is 59.7 Å². The maximum atomic E-state index is 11.9. The average Bonchev–Trinajstić information content (AvgIpc) is 2.81. The Morgan fingerprint density at radius 3 is 1.39 bits per heavy atom. The Morgan fingerprint density at radius 2 is 1.03 bits per heavy atom. The Kier molecular flexibility index (Phi) is 11.3. The monoisotopic (exact) mass is 454 g/mol. The van der Waals surface area contributed by atoms with Crippen molar-refractivity contribution in [1.82, 2.24) is 0 Å². The molecule has 180 valence electrons. The molecule has 0 unspecified atom stereocenters. The van der Waals surface area contributed by atoms with Crippen LogP contribution in [0.25, 0.3) is 0 Å². The van der Waals surface area contributed by atoms with Crippen LogP contribution >= 0.6 is 0 Å². The lowest BCUT2D eigenvalue weighted by molar-refractivity contribution is 0.201. The molecule has 0 bridgehead atoms. The van der Waals surface area contributed by atoms with E-state index in [1.165, 1.54) is 9.80 Å². The molecular weight excluding hydrogens is 416 g/mol. The average molecular weight is 455 g/mol. The van der Waals surface area contributed by atoms with Gasteiger partial charge >= 0.3 is 12.2 Å². The van der Waals surface area contributed by atoms with Gasteiger partial charge in [0, 0.05) is 13.1 Å². The topological polar surface area (TPSA) is 81.1 Å². The first-order chi connectivity index (χ1) is 16.0. The fraction of sp³-hybridized carbons (Fsp3) is 0.481. The summed E-state index contributed by atoms with van der Waals surface area (Å²) in [7, 11) is 0. The first-order valence-electron chi connectivity index (χ1n) is 12.2. The van der Waals surface area contributed by atoms with Crippen molar-refractivity contribution in [3.63, 3.8) is 0 Å². The van der Waals surface area contributed by atoms with Gasteiger partial charge in [0.1, 0.15) is 0 Å². The summed E-state index contributed by atoms with van der Waals surface area (Å²) in [5, 5.41) is 19.6. The molecule has 2 rings (SSSR count). The zero-order valence-electron chi connectivity index (χ0n) is 20.0. The van der Waals surface area contributed by atoms with Crippen LogP contribution in [0.5, 0.6) is 0 Å². The number of amides is 2. The number of hydrogen-bond acceptors (Lipinski definition) is 2. The molecule has 2 aromatic carbocycles. The van der Waals surface area contributed by atoms with E-state index >= 15 is 0 Å². The van der Waals surface area contributed by atoms with E-state index < -0.39 is 12.2 Å². The Morgan fingerprint density at radius 1 is 0.636 bits per heavy atom. The molecule has 0 fully saturated rings. The number of aryl methyl sites for hydroxylation is 2. The molecule has 0 heterocycles. The second-order valence-electron chi connectivity index (χ2n) is 8.39. The third-order valence-corrected chi connectivity index (χ3v) is 5.89. The lowest BCUT2D eigenvalue weighted by atomic mass is 10.0. The maximum Gasteiger partial charge on any atom is 0.411 e. The zero-order valence-corrected chi connectivity index (χ0v) is 20.0. The second kappa shape index (κ2) is 14.2. The van der Waals surface area contributed by atoms with Gasteiger partial charge in [0.2, 0.25) is 0 Å². The quantitative estimate of drug-likeness (QED) is 0.295. The summed E-state index contributed by atoms with van der Waals surface area (Å²) in [5.74, 6) is 0. The predicted octanol–water partition coefficient (Wildman–Crippen LogP) is 7.21. The van der Waals surface area contributed by atoms with Gasteiger partial charge in [-0.25, -0.2) is 9.59 Å². The van der Waals surface area contributed by atoms with Crippen LogP contribution in [0.15, 0.2) is 48.5 Å². The van der Waals surface area contributed by atoms with E-state index in [0.29, 0.717) is 25.9 Å². The number of hydrogen-bond donors (Lipinski definition) is 2. The fourth-order valence-corrected chi connectivity index (χ4v) is 4.06. The molecular formula is C27H38N2O4. The third kappa shape index (κ3) is 8.12. The molecule has 0 aliphatic carbocycles. The molecule has 0 aromatic heterocycles. The van der Waals surface area contributed by atoms with E-state index in [1.54, 1.807) is 0 Å². The van der Waals surface area contributed by atoms with Crippen LogP contribution in [0, 0.1) is 0 Å². The summed E-state index contributed by atoms with van der Waals surface area (Å²) in [6.45, 7) is 5.05. The van der Waals surface area contributed by atoms with E-state index in [0.717, 1.165) is 67.4 Å². The van der Waals surface area contributed by atoms with Crippen molar-refractivity contribution in [1.29, 1.82) is 0 Å². The minimum absolute atomic E-state index is 0.401. The second-order valence-corrected chi connectivity index (χ2v) is 8.39. The summed E-state index contributed by atoms with van der Waals surface area (Å²) in [6.07, 6.45) is 6.10. The molecule has 6 heteroatoms. The number of carbonyl (C=O) groups is 2. The van der Waals surface area contributed by atoms with E-state index in [-0.39, 0.29) is 0 Å². The summed E-state index contributed by atoms with van der Waals surface area (Å²) in [6, 6.07) is 15.4. The fourth-order valence-electron chi connectivity index (χ4n) is 4.06. The number of anilines is 2. The van der Waals surface area contributed by atoms with Gasteiger partial charge in [0.05, 0.1) is 11.4 Å². The number of unbranched alkanes of at least 4 members (excludes halogenated alkanes) is 4. The molecule has 0 aliphatic heterocycles. The Labute approximate surface area is 197 Å². The summed E-state index contributed by atoms with van der Waals surface area (Å²) < 4.78 is 0. The van der Waals surface area contributed by atoms with Crippen LogP contribution < -0.4 is 9.80 Å². The molecule has 0 saturated carbocycles. The molecule has 0 radical (unpaired) electrons. The van der Waals surface area contributed by atoms with Crippen LogP contribution in [0.4, 0.5) is 21.0 Å². The first-order valence-corrected chi connectivity index (χ1v) is 12.2. The summed E-state index contributed by atoms with van der Waals surface area (Å²) in [5.41, 5.74) is 3.64. The number of nitrogens with zero attached hydrogens (tertiary/aromatic N) is 2. The minimum Gasteiger partial charge on any atom is -0.465 e. The van der Waals surface area contributed by atoms with Gasteiger partial charge in [-0.1, -0.05) is 63.1 Å². The van der Waals surface area contributed by atoms with Gasteiger partial charge < -0.3 is 10.2 Å². The predicted molar refractivity (Wildman–Crippen MR) is 135 cm³/mol. The Hall–Kier alpha value is -3.02. The van der Waals surface area contributed by atoms with Gasteiger partial charge in [0.25, 0.3) is 0 Å². The van der Waals surface area contributed by atoms with Gasteiger partial charge in [-0.2, -0.15) is 0 Å². The molecule has 0 aliphatic rings. The minimum atomic E-state index is -0.948. The molecule has 2 N–H and O–H groups in total. The number of rotatable bonds is 14. The van der Waals surface area contributed by atoms with Crippen molar-refractivity contribution in [2.24, 2.45) is 0 Å². The van der Waals surface area contributed by atoms with Gasteiger partial charge in [-0.15, -0.1) is 0 Å². The lowest BCUT2D eigenvalue weighted by Crippen LogP contribution is -2.32.